The van der Waals surface area contributed by atoms with E-state index in [1.807, 2.05) is 0 Å². The van der Waals surface area contributed by atoms with Crippen LogP contribution < -0.4 is 0 Å². The first-order valence-electron chi connectivity index (χ1n) is 0.655. The minimum atomic E-state index is 0. The molecule has 5 heteroatoms. The third-order valence-electron chi connectivity index (χ3n) is 0. The van der Waals surface area contributed by atoms with Crippen molar-refractivity contribution in [1.29, 1.82) is 0 Å². The number of halogens is 3. The maximum atomic E-state index is 2.32. The van der Waals surface area contributed by atoms with Crippen LogP contribution in [0.25, 0.3) is 0 Å². The fraction of sp³-hybridized carbons (Fsp3) is 1.00. The molecule has 0 unspecified atom stereocenters. The van der Waals surface area contributed by atoms with Crippen molar-refractivity contribution in [2.75, 3.05) is 0 Å². The summed E-state index contributed by atoms with van der Waals surface area (Å²) < 4.78 is 0.743. The number of rotatable bonds is 0. The topological polar surface area (TPSA) is 28.5 Å². The second-order valence-corrected chi connectivity index (χ2v) is 11.1. The Bertz CT molecular complexity index is 15.5. The molecule has 6 heavy (non-hydrogen) atoms. The molecule has 0 aromatic heterocycles. The van der Waals surface area contributed by atoms with Gasteiger partial charge in [-0.1, -0.05) is 67.8 Å². The van der Waals surface area contributed by atoms with Crippen LogP contribution in [0.1, 0.15) is 0 Å². The predicted octanol–water partition coefficient (Wildman–Crippen LogP) is 2.45. The maximum absolute atomic E-state index is 2.32. The standard InChI is InChI=1S/CHI3.O.Zn/c2-1(3)4;;/h1H;;/q;-2;+2. The first-order chi connectivity index (χ1) is 1.73. The molecule has 0 aromatic rings. The van der Waals surface area contributed by atoms with Gasteiger partial charge in [-0.15, -0.1) is 0 Å². The van der Waals surface area contributed by atoms with Crippen LogP contribution in [0, 0.1) is 0 Å². The summed E-state index contributed by atoms with van der Waals surface area (Å²) in [7, 11) is 0. The van der Waals surface area contributed by atoms with Crippen LogP contribution in [0.4, 0.5) is 0 Å². The van der Waals surface area contributed by atoms with E-state index in [0.29, 0.717) is 0 Å². The Labute approximate surface area is 90.9 Å². The van der Waals surface area contributed by atoms with Gasteiger partial charge >= 0.3 is 19.5 Å². The molecule has 0 saturated heterocycles. The Hall–Kier alpha value is 2.77. The Balaban J connectivity index is -0.0000000450. The third-order valence-corrected chi connectivity index (χ3v) is 0. The number of alkyl halides is 3. The van der Waals surface area contributed by atoms with Gasteiger partial charge in [0.25, 0.3) is 0 Å². The van der Waals surface area contributed by atoms with Crippen molar-refractivity contribution in [3.63, 3.8) is 0 Å². The zero-order valence-corrected chi connectivity index (χ0v) is 12.3. The van der Waals surface area contributed by atoms with E-state index >= 15 is 0 Å². The molecular weight excluding hydrogens is 474 g/mol. The quantitative estimate of drug-likeness (QED) is 0.293. The minimum absolute atomic E-state index is 0. The maximum Gasteiger partial charge on any atom is 2.00 e. The van der Waals surface area contributed by atoms with E-state index in [1.165, 1.54) is 0 Å². The van der Waals surface area contributed by atoms with E-state index in [0.717, 1.165) is -0.0619 Å². The molecule has 0 saturated carbocycles. The van der Waals surface area contributed by atoms with Gasteiger partial charge in [0.15, 0.2) is 0 Å². The molecule has 0 N–H and O–H groups in total. The van der Waals surface area contributed by atoms with Crippen LogP contribution in [0.2, 0.25) is 0 Å². The molecule has 0 fully saturated rings. The molecule has 0 heterocycles. The smallest absolute Gasteiger partial charge is 2.00 e. The minimum Gasteiger partial charge on any atom is -2.00 e. The van der Waals surface area contributed by atoms with Crippen LogP contribution >= 0.6 is 67.8 Å². The average molecular weight is 475 g/mol. The predicted molar refractivity (Wildman–Crippen MR) is 46.5 cm³/mol. The van der Waals surface area contributed by atoms with Gasteiger partial charge in [-0.2, -0.15) is 0 Å². The summed E-state index contributed by atoms with van der Waals surface area (Å²) in [6.45, 7) is 0. The first kappa shape index (κ1) is 15.9. The van der Waals surface area contributed by atoms with Gasteiger partial charge in [0, 0.05) is 0 Å². The Kier molecular flexibility index (Phi) is 28.4. The second-order valence-electron chi connectivity index (χ2n) is 0.247. The molecule has 34 valence electrons. The van der Waals surface area contributed by atoms with Crippen molar-refractivity contribution in [2.45, 2.75) is -0.0619 Å². The van der Waals surface area contributed by atoms with Crippen LogP contribution in [0.5, 0.6) is 0 Å². The fourth-order valence-corrected chi connectivity index (χ4v) is 0. The summed E-state index contributed by atoms with van der Waals surface area (Å²) in [5, 5.41) is 0. The van der Waals surface area contributed by atoms with Gasteiger partial charge in [0.05, 0.1) is 0 Å². The summed E-state index contributed by atoms with van der Waals surface area (Å²) in [6, 6.07) is 0. The van der Waals surface area contributed by atoms with E-state index in [-0.39, 0.29) is 25.0 Å². The van der Waals surface area contributed by atoms with Gasteiger partial charge in [-0.25, -0.2) is 0 Å². The summed E-state index contributed by atoms with van der Waals surface area (Å²) in [4.78, 5) is 0. The van der Waals surface area contributed by atoms with E-state index in [2.05, 4.69) is 67.8 Å². The van der Waals surface area contributed by atoms with E-state index in [9.17, 15) is 0 Å². The van der Waals surface area contributed by atoms with Crippen molar-refractivity contribution in [2.24, 2.45) is 0 Å². The van der Waals surface area contributed by atoms with Crippen molar-refractivity contribution >= 4 is 67.8 Å². The van der Waals surface area contributed by atoms with Gasteiger partial charge in [-0.05, 0) is 0 Å². The van der Waals surface area contributed by atoms with Gasteiger partial charge < -0.3 is 5.48 Å². The molecule has 0 amide bonds. The Morgan fingerprint density at radius 2 is 1.00 bits per heavy atom. The number of hydrogen-bond acceptors (Lipinski definition) is 0. The molecule has 0 rings (SSSR count). The summed E-state index contributed by atoms with van der Waals surface area (Å²) >= 11 is 6.95. The molecule has 0 aromatic carbocycles. The van der Waals surface area contributed by atoms with E-state index in [4.69, 9.17) is 0 Å². The van der Waals surface area contributed by atoms with Crippen LogP contribution in [0.15, 0.2) is 0 Å². The first-order valence-corrected chi connectivity index (χ1v) is 4.39. The summed E-state index contributed by atoms with van der Waals surface area (Å²) in [5.41, 5.74) is 0. The largest absolute Gasteiger partial charge is 2.00 e. The molecular formula is CHI3OZn. The molecule has 0 atom stereocenters. The van der Waals surface area contributed by atoms with Crippen molar-refractivity contribution in [3.8, 4) is 0 Å². The van der Waals surface area contributed by atoms with Gasteiger partial charge in [-0.3, -0.25) is 0 Å². The normalized spacial score (nSPS) is 6.00. The molecule has 0 aliphatic carbocycles. The molecule has 0 radical (unpaired) electrons. The van der Waals surface area contributed by atoms with E-state index < -0.39 is 0 Å². The summed E-state index contributed by atoms with van der Waals surface area (Å²) in [6.07, 6.45) is 0. The van der Waals surface area contributed by atoms with Crippen LogP contribution in [0.3, 0.4) is 0 Å². The zero-order valence-electron chi connectivity index (χ0n) is 2.83. The second kappa shape index (κ2) is 10.7. The van der Waals surface area contributed by atoms with Crippen molar-refractivity contribution < 1.29 is 25.0 Å². The van der Waals surface area contributed by atoms with E-state index in [1.54, 1.807) is 0 Å². The summed E-state index contributed by atoms with van der Waals surface area (Å²) in [5.74, 6) is 0. The zero-order chi connectivity index (χ0) is 3.58. The fourth-order valence-electron chi connectivity index (χ4n) is 0. The monoisotopic (exact) mass is 474 g/mol. The van der Waals surface area contributed by atoms with Crippen LogP contribution in [-0.4, -0.2) is -0.0619 Å². The van der Waals surface area contributed by atoms with Gasteiger partial charge in [0.2, 0.25) is 0 Å². The number of hydrogen-bond donors (Lipinski definition) is 0. The molecule has 0 spiro atoms. The molecule has 1 nitrogen and oxygen atoms in total. The molecule has 0 bridgehead atoms. The Morgan fingerprint density at radius 3 is 1.00 bits per heavy atom. The SMILES string of the molecule is IC(I)I.[O-2].[Zn+2]. The van der Waals surface area contributed by atoms with Gasteiger partial charge in [0.1, 0.15) is -0.0619 Å². The molecule has 0 aliphatic heterocycles. The average Bonchev–Trinajstić information content (AvgIpc) is 0.811. The molecule has 0 aliphatic rings. The Morgan fingerprint density at radius 1 is 1.00 bits per heavy atom. The van der Waals surface area contributed by atoms with Crippen molar-refractivity contribution in [1.82, 2.24) is 0 Å². The van der Waals surface area contributed by atoms with Crippen molar-refractivity contribution in [3.05, 3.63) is 0 Å². The van der Waals surface area contributed by atoms with Crippen LogP contribution in [-0.2, 0) is 25.0 Å². The third kappa shape index (κ3) is 29.4.